The van der Waals surface area contributed by atoms with Gasteiger partial charge in [0.05, 0.1) is 6.04 Å². The summed E-state index contributed by atoms with van der Waals surface area (Å²) in [5.41, 5.74) is 4.92. The molecule has 194 valence electrons. The number of phenolic OH excluding ortho intramolecular Hbond substituents is 1. The maximum absolute atomic E-state index is 12.7. The van der Waals surface area contributed by atoms with E-state index in [9.17, 15) is 19.8 Å². The first-order valence-corrected chi connectivity index (χ1v) is 13.3. The second-order valence-corrected chi connectivity index (χ2v) is 10.2. The number of phenols is 1. The van der Waals surface area contributed by atoms with Gasteiger partial charge in [-0.3, -0.25) is 4.79 Å². The molecule has 0 aliphatic heterocycles. The van der Waals surface area contributed by atoms with Crippen LogP contribution in [0, 0.1) is 0 Å². The molecule has 1 amide bonds. The summed E-state index contributed by atoms with van der Waals surface area (Å²) in [6.07, 6.45) is 11.3. The Hall–Kier alpha value is -2.51. The van der Waals surface area contributed by atoms with Crippen molar-refractivity contribution in [1.82, 2.24) is 10.6 Å². The SMILES string of the molecule is CNC(Cc1ccc(O)cc1)C(=O)NC(CSC/C=C(\C)CC/C=C(\C)CCC=C(C)C)C(=O)O. The summed E-state index contributed by atoms with van der Waals surface area (Å²) in [5.74, 6) is -0.235. The number of carbonyl (C=O) groups is 2. The number of aliphatic carboxylic acids is 1. The number of hydrogen-bond donors (Lipinski definition) is 4. The van der Waals surface area contributed by atoms with E-state index in [0.717, 1.165) is 31.2 Å². The monoisotopic (exact) mass is 502 g/mol. The summed E-state index contributed by atoms with van der Waals surface area (Å²) in [6, 6.07) is 5.10. The van der Waals surface area contributed by atoms with Gasteiger partial charge in [0.2, 0.25) is 5.91 Å². The van der Waals surface area contributed by atoms with Gasteiger partial charge in [-0.1, -0.05) is 47.1 Å². The summed E-state index contributed by atoms with van der Waals surface area (Å²) in [5, 5.41) is 24.6. The lowest BCUT2D eigenvalue weighted by Gasteiger charge is -2.20. The number of nitrogens with one attached hydrogen (secondary N) is 2. The Morgan fingerprint density at radius 3 is 2.11 bits per heavy atom. The molecule has 1 rings (SSSR count). The molecule has 0 fully saturated rings. The van der Waals surface area contributed by atoms with Gasteiger partial charge < -0.3 is 20.8 Å². The number of amides is 1. The molecule has 1 aromatic carbocycles. The van der Waals surface area contributed by atoms with Crippen LogP contribution >= 0.6 is 11.8 Å². The molecule has 0 saturated carbocycles. The lowest BCUT2D eigenvalue weighted by molar-refractivity contribution is -0.141. The fraction of sp³-hybridized carbons (Fsp3) is 0.500. The zero-order valence-electron chi connectivity index (χ0n) is 21.8. The Balaban J connectivity index is 2.45. The molecule has 0 aliphatic carbocycles. The van der Waals surface area contributed by atoms with Crippen molar-refractivity contribution in [2.24, 2.45) is 0 Å². The maximum atomic E-state index is 12.7. The number of hydrogen-bond acceptors (Lipinski definition) is 5. The van der Waals surface area contributed by atoms with E-state index in [1.54, 1.807) is 31.3 Å². The number of benzene rings is 1. The first-order valence-electron chi connectivity index (χ1n) is 12.1. The molecule has 2 atom stereocenters. The van der Waals surface area contributed by atoms with Gasteiger partial charge in [-0.2, -0.15) is 11.8 Å². The largest absolute Gasteiger partial charge is 0.508 e. The van der Waals surface area contributed by atoms with E-state index < -0.39 is 18.1 Å². The fourth-order valence-corrected chi connectivity index (χ4v) is 4.37. The molecule has 35 heavy (non-hydrogen) atoms. The molecular weight excluding hydrogens is 460 g/mol. The van der Waals surface area contributed by atoms with Crippen LogP contribution in [0.25, 0.3) is 0 Å². The number of rotatable bonds is 16. The van der Waals surface area contributed by atoms with E-state index >= 15 is 0 Å². The Morgan fingerprint density at radius 1 is 0.943 bits per heavy atom. The van der Waals surface area contributed by atoms with E-state index in [0.29, 0.717) is 17.9 Å². The normalized spacial score (nSPS) is 13.7. The van der Waals surface area contributed by atoms with Gasteiger partial charge in [0, 0.05) is 11.5 Å². The quantitative estimate of drug-likeness (QED) is 0.182. The van der Waals surface area contributed by atoms with Crippen LogP contribution in [0.4, 0.5) is 0 Å². The van der Waals surface area contributed by atoms with Gasteiger partial charge in [0.1, 0.15) is 11.8 Å². The van der Waals surface area contributed by atoms with Crippen LogP contribution in [-0.4, -0.2) is 52.7 Å². The highest BCUT2D eigenvalue weighted by molar-refractivity contribution is 7.99. The van der Waals surface area contributed by atoms with Crippen LogP contribution in [0.1, 0.15) is 58.9 Å². The average Bonchev–Trinajstić information content (AvgIpc) is 2.80. The number of thioether (sulfide) groups is 1. The molecule has 0 saturated heterocycles. The minimum atomic E-state index is -1.04. The number of carbonyl (C=O) groups excluding carboxylic acids is 1. The standard InChI is InChI=1S/C28H42N2O4S/c1-20(2)8-6-9-21(3)10-7-11-22(4)16-17-35-19-26(28(33)34)30-27(32)25(29-5)18-23-12-14-24(31)15-13-23/h8,10,12-16,25-26,29,31H,6-7,9,11,17-19H2,1-5H3,(H,30,32)(H,33,34)/b21-10+,22-16+. The van der Waals surface area contributed by atoms with Crippen molar-refractivity contribution in [2.45, 2.75) is 71.9 Å². The molecule has 2 unspecified atom stereocenters. The van der Waals surface area contributed by atoms with E-state index in [1.165, 1.54) is 28.5 Å². The van der Waals surface area contributed by atoms with Crippen molar-refractivity contribution in [3.05, 3.63) is 64.8 Å². The van der Waals surface area contributed by atoms with E-state index in [2.05, 4.69) is 56.6 Å². The third-order valence-electron chi connectivity index (χ3n) is 5.61. The smallest absolute Gasteiger partial charge is 0.327 e. The number of carboxylic acid groups (broad SMARTS) is 1. The predicted octanol–water partition coefficient (Wildman–Crippen LogP) is 5.24. The van der Waals surface area contributed by atoms with Gasteiger partial charge in [-0.15, -0.1) is 0 Å². The van der Waals surface area contributed by atoms with E-state index in [1.807, 2.05) is 0 Å². The van der Waals surface area contributed by atoms with Gasteiger partial charge in [0.25, 0.3) is 0 Å². The predicted molar refractivity (Wildman–Crippen MR) is 147 cm³/mol. The van der Waals surface area contributed by atoms with Gasteiger partial charge in [-0.25, -0.2) is 4.79 Å². The number of carboxylic acids is 1. The third-order valence-corrected chi connectivity index (χ3v) is 6.58. The maximum Gasteiger partial charge on any atom is 0.327 e. The van der Waals surface area contributed by atoms with E-state index in [4.69, 9.17) is 0 Å². The number of allylic oxidation sites excluding steroid dienone is 5. The van der Waals surface area contributed by atoms with Gasteiger partial charge >= 0.3 is 5.97 Å². The highest BCUT2D eigenvalue weighted by atomic mass is 32.2. The average molecular weight is 503 g/mol. The molecular formula is C28H42N2O4S. The molecule has 1 aromatic rings. The molecule has 4 N–H and O–H groups in total. The summed E-state index contributed by atoms with van der Waals surface area (Å²) in [4.78, 5) is 24.3. The summed E-state index contributed by atoms with van der Waals surface area (Å²) >= 11 is 1.50. The molecule has 0 bridgehead atoms. The zero-order valence-corrected chi connectivity index (χ0v) is 22.6. The minimum absolute atomic E-state index is 0.160. The number of likely N-dealkylation sites (N-methyl/N-ethyl adjacent to an activating group) is 1. The molecule has 0 heterocycles. The molecule has 0 radical (unpaired) electrons. The Kier molecular flexibility index (Phi) is 14.8. The van der Waals surface area contributed by atoms with Crippen LogP contribution < -0.4 is 10.6 Å². The molecule has 6 nitrogen and oxygen atoms in total. The van der Waals surface area contributed by atoms with Crippen LogP contribution in [0.5, 0.6) is 5.75 Å². The Bertz CT molecular complexity index is 887. The van der Waals surface area contributed by atoms with E-state index in [-0.39, 0.29) is 11.7 Å². The summed E-state index contributed by atoms with van der Waals surface area (Å²) in [7, 11) is 1.67. The summed E-state index contributed by atoms with van der Waals surface area (Å²) in [6.45, 7) is 8.52. The molecule has 7 heteroatoms. The van der Waals surface area contributed by atoms with Crippen molar-refractivity contribution < 1.29 is 19.8 Å². The topological polar surface area (TPSA) is 98.7 Å². The highest BCUT2D eigenvalue weighted by Crippen LogP contribution is 2.14. The van der Waals surface area contributed by atoms with Crippen molar-refractivity contribution in [3.63, 3.8) is 0 Å². The molecule has 0 spiro atoms. The van der Waals surface area contributed by atoms with Gasteiger partial charge in [0.15, 0.2) is 0 Å². The first kappa shape index (κ1) is 30.5. The van der Waals surface area contributed by atoms with Gasteiger partial charge in [-0.05, 0) is 84.5 Å². The second kappa shape index (κ2) is 17.0. The Labute approximate surface area is 215 Å². The lowest BCUT2D eigenvalue weighted by Crippen LogP contribution is -2.51. The zero-order chi connectivity index (χ0) is 26.2. The lowest BCUT2D eigenvalue weighted by atomic mass is 10.0. The van der Waals surface area contributed by atoms with Crippen molar-refractivity contribution in [2.75, 3.05) is 18.6 Å². The summed E-state index contributed by atoms with van der Waals surface area (Å²) < 4.78 is 0. The first-order chi connectivity index (χ1) is 16.6. The molecule has 0 aromatic heterocycles. The second-order valence-electron chi connectivity index (χ2n) is 9.11. The van der Waals surface area contributed by atoms with Crippen molar-refractivity contribution in [3.8, 4) is 5.75 Å². The highest BCUT2D eigenvalue weighted by Gasteiger charge is 2.24. The van der Waals surface area contributed by atoms with Crippen LogP contribution in [0.2, 0.25) is 0 Å². The third kappa shape index (κ3) is 13.8. The van der Waals surface area contributed by atoms with Crippen molar-refractivity contribution >= 4 is 23.6 Å². The Morgan fingerprint density at radius 2 is 1.54 bits per heavy atom. The fourth-order valence-electron chi connectivity index (χ4n) is 3.37. The molecule has 0 aliphatic rings. The van der Waals surface area contributed by atoms with Crippen LogP contribution in [0.15, 0.2) is 59.2 Å². The van der Waals surface area contributed by atoms with Crippen molar-refractivity contribution in [1.29, 1.82) is 0 Å². The minimum Gasteiger partial charge on any atom is -0.508 e. The number of aromatic hydroxyl groups is 1. The van der Waals surface area contributed by atoms with Crippen LogP contribution in [-0.2, 0) is 16.0 Å². The van der Waals surface area contributed by atoms with Crippen LogP contribution in [0.3, 0.4) is 0 Å².